The second-order valence-electron chi connectivity index (χ2n) is 10.3. The number of alkyl carbamates (subject to hydrolysis) is 1. The van der Waals surface area contributed by atoms with Gasteiger partial charge in [0, 0.05) is 11.6 Å². The number of amides is 3. The number of thioether (sulfide) groups is 1. The number of aryl methyl sites for hydroxylation is 2. The summed E-state index contributed by atoms with van der Waals surface area (Å²) < 4.78 is 5.35. The molecule has 0 fully saturated rings. The summed E-state index contributed by atoms with van der Waals surface area (Å²) in [6.45, 7) is 14.6. The van der Waals surface area contributed by atoms with Gasteiger partial charge in [-0.3, -0.25) is 14.5 Å². The molecule has 188 valence electrons. The number of benzene rings is 1. The Morgan fingerprint density at radius 3 is 2.26 bits per heavy atom. The Balaban J connectivity index is 3.46. The molecule has 0 radical (unpaired) electrons. The van der Waals surface area contributed by atoms with Crippen molar-refractivity contribution in [1.29, 1.82) is 0 Å². The third-order valence-corrected chi connectivity index (χ3v) is 5.35. The predicted octanol–water partition coefficient (Wildman–Crippen LogP) is 4.32. The van der Waals surface area contributed by atoms with Crippen LogP contribution in [0, 0.1) is 26.3 Å². The molecule has 1 aromatic rings. The average Bonchev–Trinajstić information content (AvgIpc) is 2.68. The molecule has 2 atom stereocenters. The number of rotatable bonds is 8. The molecule has 3 amide bonds. The monoisotopic (exact) mass is 489 g/mol. The summed E-state index contributed by atoms with van der Waals surface area (Å²) in [6.07, 6.45) is 7.35. The van der Waals surface area contributed by atoms with E-state index >= 15 is 0 Å². The molecule has 0 aliphatic heterocycles. The number of terminal acetylenes is 1. The van der Waals surface area contributed by atoms with Crippen LogP contribution in [-0.4, -0.2) is 52.0 Å². The van der Waals surface area contributed by atoms with Crippen molar-refractivity contribution < 1.29 is 19.1 Å². The molecule has 0 heterocycles. The van der Waals surface area contributed by atoms with E-state index in [2.05, 4.69) is 16.7 Å². The highest BCUT2D eigenvalue weighted by Crippen LogP contribution is 2.27. The Morgan fingerprint density at radius 2 is 1.76 bits per heavy atom. The van der Waals surface area contributed by atoms with E-state index in [1.165, 1.54) is 11.8 Å². The van der Waals surface area contributed by atoms with Crippen molar-refractivity contribution >= 4 is 29.7 Å². The van der Waals surface area contributed by atoms with Crippen LogP contribution in [0.4, 0.5) is 4.79 Å². The zero-order valence-corrected chi connectivity index (χ0v) is 22.7. The Bertz CT molecular complexity index is 925. The van der Waals surface area contributed by atoms with Crippen molar-refractivity contribution in [2.75, 3.05) is 12.0 Å². The highest BCUT2D eigenvalue weighted by molar-refractivity contribution is 7.98. The molecular formula is C26H39N3O4S. The summed E-state index contributed by atoms with van der Waals surface area (Å²) in [6, 6.07) is 6.09. The third-order valence-electron chi connectivity index (χ3n) is 4.71. The number of carbonyl (C=O) groups excluding carboxylic acids is 3. The zero-order valence-electron chi connectivity index (χ0n) is 21.9. The van der Waals surface area contributed by atoms with Gasteiger partial charge in [0.15, 0.2) is 0 Å². The second kappa shape index (κ2) is 12.2. The van der Waals surface area contributed by atoms with Crippen LogP contribution >= 0.6 is 11.8 Å². The minimum Gasteiger partial charge on any atom is -0.444 e. The van der Waals surface area contributed by atoms with Crippen molar-refractivity contribution in [2.45, 2.75) is 85.0 Å². The normalized spacial score (nSPS) is 13.3. The molecule has 34 heavy (non-hydrogen) atoms. The summed E-state index contributed by atoms with van der Waals surface area (Å²) in [5, 5.41) is 5.59. The number of carbonyl (C=O) groups is 3. The Hall–Kier alpha value is -2.66. The second-order valence-corrected chi connectivity index (χ2v) is 11.3. The molecular weight excluding hydrogens is 450 g/mol. The molecule has 0 spiro atoms. The number of hydrogen-bond donors (Lipinski definition) is 2. The van der Waals surface area contributed by atoms with Gasteiger partial charge in [0.05, 0.1) is 0 Å². The van der Waals surface area contributed by atoms with Gasteiger partial charge in [-0.15, -0.1) is 0 Å². The first kappa shape index (κ1) is 29.4. The highest BCUT2D eigenvalue weighted by Gasteiger charge is 2.37. The van der Waals surface area contributed by atoms with Crippen LogP contribution in [0.1, 0.15) is 70.7 Å². The maximum Gasteiger partial charge on any atom is 0.408 e. The van der Waals surface area contributed by atoms with E-state index < -0.39 is 41.1 Å². The maximum atomic E-state index is 13.7. The lowest BCUT2D eigenvalue weighted by Crippen LogP contribution is -2.53. The molecule has 0 saturated carbocycles. The molecule has 7 nitrogen and oxygen atoms in total. The maximum absolute atomic E-state index is 13.7. The largest absolute Gasteiger partial charge is 0.444 e. The Kier molecular flexibility index (Phi) is 10.5. The number of nitrogens with zero attached hydrogens (tertiary/aromatic N) is 1. The third kappa shape index (κ3) is 9.30. The van der Waals surface area contributed by atoms with Crippen LogP contribution in [0.15, 0.2) is 18.2 Å². The molecule has 0 aliphatic carbocycles. The topological polar surface area (TPSA) is 87.7 Å². The smallest absolute Gasteiger partial charge is 0.408 e. The molecule has 0 bridgehead atoms. The lowest BCUT2D eigenvalue weighted by Gasteiger charge is -2.33. The fraction of sp³-hybridized carbons (Fsp3) is 0.577. The van der Waals surface area contributed by atoms with E-state index in [-0.39, 0.29) is 0 Å². The van der Waals surface area contributed by atoms with Gasteiger partial charge in [-0.05, 0) is 84.9 Å². The number of nitrogens with one attached hydrogen (secondary N) is 2. The Morgan fingerprint density at radius 1 is 1.15 bits per heavy atom. The standard InChI is InChI=1S/C26H39N3O4S/c1-11-29(23(31)20(14-15-34-10)27-24(32)33-26(7,8)9)21(22(30)28-25(4,5)6)19-16-17(2)12-13-18(19)3/h1,12-13,16,20-21H,14-15H2,2-10H3,(H,27,32)(H,28,30). The quantitative estimate of drug-likeness (QED) is 0.419. The first-order valence-corrected chi connectivity index (χ1v) is 12.7. The van der Waals surface area contributed by atoms with Gasteiger partial charge in [0.25, 0.3) is 5.91 Å². The van der Waals surface area contributed by atoms with Crippen molar-refractivity contribution in [1.82, 2.24) is 15.5 Å². The zero-order chi connectivity index (χ0) is 26.3. The molecule has 2 unspecified atom stereocenters. The van der Waals surface area contributed by atoms with E-state index in [9.17, 15) is 14.4 Å². The van der Waals surface area contributed by atoms with Gasteiger partial charge in [-0.25, -0.2) is 4.79 Å². The predicted molar refractivity (Wildman–Crippen MR) is 138 cm³/mol. The molecule has 1 rings (SSSR count). The lowest BCUT2D eigenvalue weighted by atomic mass is 9.95. The number of ether oxygens (including phenoxy) is 1. The minimum absolute atomic E-state index is 0.331. The lowest BCUT2D eigenvalue weighted by molar-refractivity contribution is -0.139. The van der Waals surface area contributed by atoms with Crippen molar-refractivity contribution in [3.8, 4) is 12.5 Å². The molecule has 0 aromatic heterocycles. The average molecular weight is 490 g/mol. The summed E-state index contributed by atoms with van der Waals surface area (Å²) in [5.41, 5.74) is 1.13. The van der Waals surface area contributed by atoms with E-state index in [0.717, 1.165) is 16.0 Å². The summed E-state index contributed by atoms with van der Waals surface area (Å²) in [4.78, 5) is 40.7. The van der Waals surface area contributed by atoms with E-state index in [4.69, 9.17) is 11.2 Å². The SMILES string of the molecule is C#CN(C(=O)C(CCSC)NC(=O)OC(C)(C)C)C(C(=O)NC(C)(C)C)c1cc(C)ccc1C. The van der Waals surface area contributed by atoms with Crippen LogP contribution in [0.25, 0.3) is 0 Å². The molecule has 8 heteroatoms. The van der Waals surface area contributed by atoms with Crippen molar-refractivity contribution in [3.05, 3.63) is 34.9 Å². The van der Waals surface area contributed by atoms with E-state index in [1.54, 1.807) is 20.8 Å². The van der Waals surface area contributed by atoms with Crippen LogP contribution in [0.3, 0.4) is 0 Å². The molecule has 0 aliphatic rings. The van der Waals surface area contributed by atoms with Gasteiger partial charge >= 0.3 is 6.09 Å². The highest BCUT2D eigenvalue weighted by atomic mass is 32.2. The van der Waals surface area contributed by atoms with E-state index in [0.29, 0.717) is 17.7 Å². The molecule has 0 saturated heterocycles. The summed E-state index contributed by atoms with van der Waals surface area (Å²) >= 11 is 1.54. The van der Waals surface area contributed by atoms with Crippen LogP contribution in [0.5, 0.6) is 0 Å². The molecule has 2 N–H and O–H groups in total. The van der Waals surface area contributed by atoms with Gasteiger partial charge < -0.3 is 15.4 Å². The van der Waals surface area contributed by atoms with Crippen molar-refractivity contribution in [2.24, 2.45) is 0 Å². The van der Waals surface area contributed by atoms with Crippen LogP contribution in [-0.2, 0) is 14.3 Å². The fourth-order valence-electron chi connectivity index (χ4n) is 3.27. The summed E-state index contributed by atoms with van der Waals surface area (Å²) in [5.74, 6) is -0.335. The summed E-state index contributed by atoms with van der Waals surface area (Å²) in [7, 11) is 0. The first-order valence-electron chi connectivity index (χ1n) is 11.3. The van der Waals surface area contributed by atoms with Gasteiger partial charge in [-0.2, -0.15) is 11.8 Å². The van der Waals surface area contributed by atoms with E-state index in [1.807, 2.05) is 59.1 Å². The van der Waals surface area contributed by atoms with Gasteiger partial charge in [0.2, 0.25) is 5.91 Å². The molecule has 1 aromatic carbocycles. The first-order chi connectivity index (χ1) is 15.6. The number of hydrogen-bond acceptors (Lipinski definition) is 5. The fourth-order valence-corrected chi connectivity index (χ4v) is 3.74. The minimum atomic E-state index is -1.06. The Labute approximate surface area is 208 Å². The van der Waals surface area contributed by atoms with Gasteiger partial charge in [-0.1, -0.05) is 30.2 Å². The van der Waals surface area contributed by atoms with Crippen LogP contribution in [0.2, 0.25) is 0 Å². The van der Waals surface area contributed by atoms with Gasteiger partial charge in [0.1, 0.15) is 17.7 Å². The van der Waals surface area contributed by atoms with Crippen LogP contribution < -0.4 is 10.6 Å². The van der Waals surface area contributed by atoms with Crippen molar-refractivity contribution in [3.63, 3.8) is 0 Å².